The topological polar surface area (TPSA) is 37.3 Å². The van der Waals surface area contributed by atoms with Crippen molar-refractivity contribution >= 4 is 5.97 Å². The highest BCUT2D eigenvalue weighted by molar-refractivity contribution is 5.66. The van der Waals surface area contributed by atoms with E-state index in [2.05, 4.69) is 31.2 Å². The van der Waals surface area contributed by atoms with Gasteiger partial charge in [-0.15, -0.1) is 0 Å². The fourth-order valence-electron chi connectivity index (χ4n) is 2.27. The Kier molecular flexibility index (Phi) is 16.2. The molecule has 0 spiro atoms. The molecule has 0 aliphatic carbocycles. The summed E-state index contributed by atoms with van der Waals surface area (Å²) in [7, 11) is 0. The summed E-state index contributed by atoms with van der Waals surface area (Å²) in [5, 5.41) is 8.52. The maximum absolute atomic E-state index is 10.3. The minimum atomic E-state index is -0.663. The van der Waals surface area contributed by atoms with Gasteiger partial charge >= 0.3 is 5.97 Å². The first-order valence-corrected chi connectivity index (χ1v) is 8.79. The van der Waals surface area contributed by atoms with E-state index >= 15 is 0 Å². The van der Waals surface area contributed by atoms with E-state index in [1.807, 2.05) is 0 Å². The largest absolute Gasteiger partial charge is 0.481 e. The average molecular weight is 294 g/mol. The summed E-state index contributed by atoms with van der Waals surface area (Å²) in [6.07, 6.45) is 23.8. The van der Waals surface area contributed by atoms with Crippen LogP contribution in [-0.2, 0) is 4.79 Å². The van der Waals surface area contributed by atoms with Gasteiger partial charge in [0.15, 0.2) is 0 Å². The van der Waals surface area contributed by atoms with E-state index in [4.69, 9.17) is 5.11 Å². The van der Waals surface area contributed by atoms with E-state index < -0.39 is 5.97 Å². The third kappa shape index (κ3) is 18.9. The lowest BCUT2D eigenvalue weighted by Gasteiger charge is -2.00. The molecule has 0 aromatic rings. The van der Waals surface area contributed by atoms with Crippen LogP contribution >= 0.6 is 0 Å². The van der Waals surface area contributed by atoms with E-state index in [1.165, 1.54) is 57.8 Å². The standard InChI is InChI=1S/C19H34O2/c1-2-3-4-5-6-7-8-9-10-11-12-13-14-15-16-17-18-19(20)21/h4-5,7-8H,2-3,6,9-18H2,1H3,(H,20,21). The van der Waals surface area contributed by atoms with Gasteiger partial charge in [-0.2, -0.15) is 0 Å². The summed E-state index contributed by atoms with van der Waals surface area (Å²) >= 11 is 0. The van der Waals surface area contributed by atoms with Crippen LogP contribution in [0.4, 0.5) is 0 Å². The molecule has 0 radical (unpaired) electrons. The number of allylic oxidation sites excluding steroid dienone is 4. The summed E-state index contributed by atoms with van der Waals surface area (Å²) < 4.78 is 0. The van der Waals surface area contributed by atoms with Crippen molar-refractivity contribution in [1.82, 2.24) is 0 Å². The maximum atomic E-state index is 10.3. The number of carboxylic acid groups (broad SMARTS) is 1. The Morgan fingerprint density at radius 2 is 1.29 bits per heavy atom. The van der Waals surface area contributed by atoms with Crippen LogP contribution in [0.15, 0.2) is 24.3 Å². The highest BCUT2D eigenvalue weighted by atomic mass is 16.4. The van der Waals surface area contributed by atoms with Crippen molar-refractivity contribution in [2.75, 3.05) is 0 Å². The van der Waals surface area contributed by atoms with Crippen LogP contribution in [0.2, 0.25) is 0 Å². The molecule has 0 atom stereocenters. The second kappa shape index (κ2) is 17.0. The van der Waals surface area contributed by atoms with Crippen LogP contribution in [-0.4, -0.2) is 11.1 Å². The first-order valence-electron chi connectivity index (χ1n) is 8.79. The number of carbonyl (C=O) groups is 1. The Balaban J connectivity index is 3.11. The summed E-state index contributed by atoms with van der Waals surface area (Å²) in [4.78, 5) is 10.3. The van der Waals surface area contributed by atoms with Crippen molar-refractivity contribution in [1.29, 1.82) is 0 Å². The Bertz CT molecular complexity index is 279. The maximum Gasteiger partial charge on any atom is 0.303 e. The molecule has 0 bridgehead atoms. The van der Waals surface area contributed by atoms with Crippen molar-refractivity contribution in [3.05, 3.63) is 24.3 Å². The van der Waals surface area contributed by atoms with Crippen molar-refractivity contribution in [2.45, 2.75) is 90.4 Å². The zero-order valence-corrected chi connectivity index (χ0v) is 13.9. The molecule has 0 unspecified atom stereocenters. The van der Waals surface area contributed by atoms with Gasteiger partial charge in [0, 0.05) is 6.42 Å². The number of carboxylic acids is 1. The number of unbranched alkanes of at least 4 members (excludes halogenated alkanes) is 9. The van der Waals surface area contributed by atoms with Crippen molar-refractivity contribution in [2.24, 2.45) is 0 Å². The minimum absolute atomic E-state index is 0.333. The van der Waals surface area contributed by atoms with Gasteiger partial charge in [0.1, 0.15) is 0 Å². The molecular formula is C19H34O2. The minimum Gasteiger partial charge on any atom is -0.481 e. The summed E-state index contributed by atoms with van der Waals surface area (Å²) in [6, 6.07) is 0. The lowest BCUT2D eigenvalue weighted by Crippen LogP contribution is -1.93. The molecule has 1 N–H and O–H groups in total. The van der Waals surface area contributed by atoms with Gasteiger partial charge in [-0.05, 0) is 32.1 Å². The normalized spacial score (nSPS) is 11.7. The number of hydrogen-bond acceptors (Lipinski definition) is 1. The molecule has 0 saturated carbocycles. The zero-order valence-electron chi connectivity index (χ0n) is 13.9. The predicted molar refractivity (Wildman–Crippen MR) is 91.6 cm³/mol. The fourth-order valence-corrected chi connectivity index (χ4v) is 2.27. The molecule has 2 nitrogen and oxygen atoms in total. The van der Waals surface area contributed by atoms with Crippen LogP contribution in [0, 0.1) is 0 Å². The van der Waals surface area contributed by atoms with Crippen molar-refractivity contribution < 1.29 is 9.90 Å². The average Bonchev–Trinajstić information content (AvgIpc) is 2.46. The second-order valence-electron chi connectivity index (χ2n) is 5.73. The Morgan fingerprint density at radius 1 is 0.762 bits per heavy atom. The molecule has 0 aliphatic heterocycles. The van der Waals surface area contributed by atoms with Crippen molar-refractivity contribution in [3.8, 4) is 0 Å². The van der Waals surface area contributed by atoms with Crippen LogP contribution in [0.1, 0.15) is 90.4 Å². The second-order valence-corrected chi connectivity index (χ2v) is 5.73. The van der Waals surface area contributed by atoms with E-state index in [-0.39, 0.29) is 0 Å². The molecule has 0 amide bonds. The Hall–Kier alpha value is -1.05. The monoisotopic (exact) mass is 294 g/mol. The molecule has 0 aromatic carbocycles. The lowest BCUT2D eigenvalue weighted by atomic mass is 10.1. The van der Waals surface area contributed by atoms with Gasteiger partial charge < -0.3 is 5.11 Å². The van der Waals surface area contributed by atoms with E-state index in [0.717, 1.165) is 19.3 Å². The van der Waals surface area contributed by atoms with Gasteiger partial charge in [-0.3, -0.25) is 4.79 Å². The van der Waals surface area contributed by atoms with Crippen molar-refractivity contribution in [3.63, 3.8) is 0 Å². The molecule has 122 valence electrons. The number of rotatable bonds is 15. The highest BCUT2D eigenvalue weighted by Gasteiger charge is 1.96. The molecule has 0 saturated heterocycles. The summed E-state index contributed by atoms with van der Waals surface area (Å²) in [6.45, 7) is 2.20. The SMILES string of the molecule is CCCC=CCC=CCCCCCCCCCCC(=O)O. The first kappa shape index (κ1) is 19.9. The van der Waals surface area contributed by atoms with Gasteiger partial charge in [0.05, 0.1) is 0 Å². The fraction of sp³-hybridized carbons (Fsp3) is 0.737. The third-order valence-corrected chi connectivity index (χ3v) is 3.57. The zero-order chi connectivity index (χ0) is 15.6. The molecule has 2 heteroatoms. The van der Waals surface area contributed by atoms with Crippen LogP contribution < -0.4 is 0 Å². The van der Waals surface area contributed by atoms with E-state index in [1.54, 1.807) is 0 Å². The van der Waals surface area contributed by atoms with E-state index in [9.17, 15) is 4.79 Å². The molecule has 0 fully saturated rings. The quantitative estimate of drug-likeness (QED) is 0.285. The smallest absolute Gasteiger partial charge is 0.303 e. The van der Waals surface area contributed by atoms with Crippen LogP contribution in [0.3, 0.4) is 0 Å². The summed E-state index contributed by atoms with van der Waals surface area (Å²) in [5.74, 6) is -0.663. The lowest BCUT2D eigenvalue weighted by molar-refractivity contribution is -0.137. The van der Waals surface area contributed by atoms with Gasteiger partial charge in [-0.25, -0.2) is 0 Å². The predicted octanol–water partition coefficient (Wildman–Crippen LogP) is 6.27. The molecule has 21 heavy (non-hydrogen) atoms. The molecule has 0 aliphatic rings. The third-order valence-electron chi connectivity index (χ3n) is 3.57. The Morgan fingerprint density at radius 3 is 1.86 bits per heavy atom. The molecular weight excluding hydrogens is 260 g/mol. The summed E-state index contributed by atoms with van der Waals surface area (Å²) in [5.41, 5.74) is 0. The number of aliphatic carboxylic acids is 1. The molecule has 0 rings (SSSR count). The Labute approximate surface area is 131 Å². The first-order chi connectivity index (χ1) is 10.3. The van der Waals surface area contributed by atoms with Gasteiger partial charge in [0.2, 0.25) is 0 Å². The highest BCUT2D eigenvalue weighted by Crippen LogP contribution is 2.10. The number of hydrogen-bond donors (Lipinski definition) is 1. The van der Waals surface area contributed by atoms with Crippen LogP contribution in [0.25, 0.3) is 0 Å². The molecule has 0 aromatic heterocycles. The van der Waals surface area contributed by atoms with E-state index in [0.29, 0.717) is 6.42 Å². The van der Waals surface area contributed by atoms with Gasteiger partial charge in [0.25, 0.3) is 0 Å². The van der Waals surface area contributed by atoms with Crippen LogP contribution in [0.5, 0.6) is 0 Å². The van der Waals surface area contributed by atoms with Gasteiger partial charge in [-0.1, -0.05) is 76.2 Å². The molecule has 0 heterocycles.